The number of amides is 1. The molecule has 0 aliphatic carbocycles. The van der Waals surface area contributed by atoms with E-state index in [9.17, 15) is 19.5 Å². The van der Waals surface area contributed by atoms with Gasteiger partial charge in [-0.2, -0.15) is 10.2 Å². The molecule has 1 unspecified atom stereocenters. The molecule has 0 saturated heterocycles. The molecule has 142 valence electrons. The zero-order valence-electron chi connectivity index (χ0n) is 14.3. The van der Waals surface area contributed by atoms with Gasteiger partial charge in [-0.25, -0.2) is 15.3 Å². The highest BCUT2D eigenvalue weighted by Gasteiger charge is 2.24. The lowest BCUT2D eigenvalue weighted by molar-refractivity contribution is -0.120. The lowest BCUT2D eigenvalue weighted by atomic mass is 10.1. The largest absolute Gasteiger partial charge is 0.508 e. The lowest BCUT2D eigenvalue weighted by Crippen LogP contribution is -2.28. The van der Waals surface area contributed by atoms with Crippen LogP contribution >= 0.6 is 11.8 Å². The first-order chi connectivity index (χ1) is 13.5. The Morgan fingerprint density at radius 3 is 2.68 bits per heavy atom. The molecule has 0 saturated carbocycles. The molecule has 1 heterocycles. The summed E-state index contributed by atoms with van der Waals surface area (Å²) in [5.41, 5.74) is 2.23. The van der Waals surface area contributed by atoms with E-state index in [-0.39, 0.29) is 10.8 Å². The van der Waals surface area contributed by atoms with E-state index in [1.807, 2.05) is 0 Å². The predicted molar refractivity (Wildman–Crippen MR) is 104 cm³/mol. The van der Waals surface area contributed by atoms with Gasteiger partial charge in [0.15, 0.2) is 5.03 Å². The third-order valence-corrected chi connectivity index (χ3v) is 4.73. The topological polar surface area (TPSA) is 140 Å². The van der Waals surface area contributed by atoms with E-state index in [1.165, 1.54) is 18.3 Å². The molecule has 0 aliphatic heterocycles. The van der Waals surface area contributed by atoms with Crippen molar-refractivity contribution in [2.75, 3.05) is 0 Å². The number of aromatic amines is 2. The van der Waals surface area contributed by atoms with E-state index < -0.39 is 22.4 Å². The van der Waals surface area contributed by atoms with Gasteiger partial charge >= 0.3 is 5.69 Å². The number of nitrogens with zero attached hydrogens (tertiary/aromatic N) is 2. The summed E-state index contributed by atoms with van der Waals surface area (Å²) < 4.78 is 0. The fraction of sp³-hybridized carbons (Fsp3) is 0.0556. The Morgan fingerprint density at radius 2 is 1.96 bits per heavy atom. The summed E-state index contributed by atoms with van der Waals surface area (Å²) in [6.45, 7) is 0. The number of nitrogens with one attached hydrogen (secondary N) is 3. The van der Waals surface area contributed by atoms with Gasteiger partial charge in [-0.1, -0.05) is 54.2 Å². The first kappa shape index (κ1) is 19.1. The number of aromatic hydroxyl groups is 1. The highest BCUT2D eigenvalue weighted by molar-refractivity contribution is 8.00. The maximum absolute atomic E-state index is 12.7. The predicted octanol–water partition coefficient (Wildman–Crippen LogP) is 1.15. The summed E-state index contributed by atoms with van der Waals surface area (Å²) in [5.74, 6) is -0.406. The van der Waals surface area contributed by atoms with E-state index in [4.69, 9.17) is 0 Å². The zero-order chi connectivity index (χ0) is 19.9. The first-order valence-electron chi connectivity index (χ1n) is 8.05. The number of carbonyl (C=O) groups is 1. The number of phenols is 1. The zero-order valence-corrected chi connectivity index (χ0v) is 15.1. The van der Waals surface area contributed by atoms with E-state index in [0.29, 0.717) is 11.1 Å². The smallest absolute Gasteiger partial charge is 0.342 e. The molecule has 9 nitrogen and oxygen atoms in total. The lowest BCUT2D eigenvalue weighted by Gasteiger charge is -2.14. The number of rotatable bonds is 6. The average molecular weight is 397 g/mol. The van der Waals surface area contributed by atoms with Crippen molar-refractivity contribution in [2.45, 2.75) is 10.3 Å². The Kier molecular flexibility index (Phi) is 6.02. The van der Waals surface area contributed by atoms with Crippen molar-refractivity contribution >= 4 is 23.9 Å². The van der Waals surface area contributed by atoms with Crippen molar-refractivity contribution in [2.24, 2.45) is 5.10 Å². The fourth-order valence-corrected chi connectivity index (χ4v) is 3.20. The normalized spacial score (nSPS) is 12.0. The van der Waals surface area contributed by atoms with Crippen molar-refractivity contribution in [1.82, 2.24) is 20.6 Å². The van der Waals surface area contributed by atoms with Gasteiger partial charge in [0.1, 0.15) is 11.0 Å². The highest BCUT2D eigenvalue weighted by atomic mass is 32.2. The van der Waals surface area contributed by atoms with E-state index in [1.54, 1.807) is 42.5 Å². The van der Waals surface area contributed by atoms with Crippen LogP contribution in [-0.4, -0.2) is 32.4 Å². The summed E-state index contributed by atoms with van der Waals surface area (Å²) in [5, 5.41) is 18.3. The van der Waals surface area contributed by atoms with Gasteiger partial charge in [-0.05, 0) is 23.3 Å². The number of thioether (sulfide) groups is 1. The molecule has 0 fully saturated rings. The summed E-state index contributed by atoms with van der Waals surface area (Å²) >= 11 is 0.883. The Hall–Kier alpha value is -3.66. The molecule has 28 heavy (non-hydrogen) atoms. The highest BCUT2D eigenvalue weighted by Crippen LogP contribution is 2.32. The first-order valence-corrected chi connectivity index (χ1v) is 8.93. The number of phenolic OH excluding ortho intramolecular Hbond substituents is 1. The molecule has 0 radical (unpaired) electrons. The molecule has 0 aliphatic rings. The Bertz CT molecular complexity index is 1110. The minimum absolute atomic E-state index is 0.0550. The van der Waals surface area contributed by atoms with Crippen molar-refractivity contribution < 1.29 is 9.90 Å². The maximum Gasteiger partial charge on any atom is 0.342 e. The van der Waals surface area contributed by atoms with Crippen LogP contribution in [0.5, 0.6) is 5.75 Å². The third-order valence-electron chi connectivity index (χ3n) is 3.51. The van der Waals surface area contributed by atoms with Crippen LogP contribution in [0.1, 0.15) is 16.4 Å². The number of hydrogen-bond acceptors (Lipinski definition) is 7. The molecule has 1 aromatic heterocycles. The minimum atomic E-state index is -0.831. The molecule has 4 N–H and O–H groups in total. The summed E-state index contributed by atoms with van der Waals surface area (Å²) in [4.78, 5) is 37.8. The van der Waals surface area contributed by atoms with Crippen molar-refractivity contribution in [3.63, 3.8) is 0 Å². The molecule has 3 rings (SSSR count). The summed E-state index contributed by atoms with van der Waals surface area (Å²) in [7, 11) is 0. The molecule has 3 aromatic rings. The second-order valence-corrected chi connectivity index (χ2v) is 6.64. The maximum atomic E-state index is 12.7. The van der Waals surface area contributed by atoms with Crippen molar-refractivity contribution in [1.29, 1.82) is 0 Å². The van der Waals surface area contributed by atoms with Gasteiger partial charge in [-0.15, -0.1) is 0 Å². The van der Waals surface area contributed by atoms with Crippen LogP contribution in [-0.2, 0) is 4.79 Å². The van der Waals surface area contributed by atoms with Gasteiger partial charge in [0.2, 0.25) is 0 Å². The van der Waals surface area contributed by atoms with Gasteiger partial charge in [0.25, 0.3) is 11.5 Å². The standard InChI is InChI=1S/C18H15N5O4S/c24-13-8-4-5-11(9-13)10-19-21-15(25)14(12-6-2-1-3-7-12)28-17-16(26)20-18(27)23-22-17/h1-10,14,24H,(H,21,25)(H2,20,23,26,27)/b19-10-. The molecular weight excluding hydrogens is 382 g/mol. The average Bonchev–Trinajstić information content (AvgIpc) is 2.68. The molecule has 1 amide bonds. The van der Waals surface area contributed by atoms with E-state index in [0.717, 1.165) is 11.8 Å². The van der Waals surface area contributed by atoms with Crippen LogP contribution in [0.3, 0.4) is 0 Å². The Morgan fingerprint density at radius 1 is 1.18 bits per heavy atom. The molecule has 2 aromatic carbocycles. The second-order valence-electron chi connectivity index (χ2n) is 5.55. The molecule has 0 spiro atoms. The summed E-state index contributed by atoms with van der Waals surface area (Å²) in [6.07, 6.45) is 1.38. The van der Waals surface area contributed by atoms with Crippen LogP contribution in [0.15, 0.2) is 74.3 Å². The van der Waals surface area contributed by atoms with Crippen LogP contribution in [0.2, 0.25) is 0 Å². The van der Waals surface area contributed by atoms with Crippen LogP contribution in [0, 0.1) is 0 Å². The number of benzene rings is 2. The fourth-order valence-electron chi connectivity index (χ4n) is 2.26. The molecule has 1 atom stereocenters. The van der Waals surface area contributed by atoms with Gasteiger partial charge in [0.05, 0.1) is 6.21 Å². The SMILES string of the molecule is O=C(N/N=C\c1cccc(O)c1)C(Sc1n[nH]c(=O)[nH]c1=O)c1ccccc1. The van der Waals surface area contributed by atoms with Crippen molar-refractivity contribution in [3.8, 4) is 5.75 Å². The third kappa shape index (κ3) is 4.95. The number of hydrazone groups is 1. The molecule has 10 heteroatoms. The van der Waals surface area contributed by atoms with Gasteiger partial charge in [-0.3, -0.25) is 14.6 Å². The summed E-state index contributed by atoms with van der Waals surface area (Å²) in [6, 6.07) is 15.2. The number of hydrogen-bond donors (Lipinski definition) is 4. The second kappa shape index (κ2) is 8.82. The molecular formula is C18H15N5O4S. The number of carbonyl (C=O) groups excluding carboxylic acids is 1. The van der Waals surface area contributed by atoms with E-state index in [2.05, 4.69) is 25.7 Å². The number of aromatic nitrogens is 3. The van der Waals surface area contributed by atoms with Gasteiger partial charge < -0.3 is 5.11 Å². The van der Waals surface area contributed by atoms with Gasteiger partial charge in [0, 0.05) is 0 Å². The van der Waals surface area contributed by atoms with Crippen molar-refractivity contribution in [3.05, 3.63) is 86.6 Å². The molecule has 0 bridgehead atoms. The van der Waals surface area contributed by atoms with Crippen LogP contribution in [0.25, 0.3) is 0 Å². The van der Waals surface area contributed by atoms with Crippen LogP contribution in [0.4, 0.5) is 0 Å². The van der Waals surface area contributed by atoms with E-state index >= 15 is 0 Å². The quantitative estimate of drug-likeness (QED) is 0.279. The Labute approximate surface area is 162 Å². The monoisotopic (exact) mass is 397 g/mol. The Balaban J connectivity index is 1.81. The minimum Gasteiger partial charge on any atom is -0.508 e. The van der Waals surface area contributed by atoms with Crippen LogP contribution < -0.4 is 16.7 Å². The number of H-pyrrole nitrogens is 2.